The molecule has 3 rings (SSSR count). The molecule has 7 nitrogen and oxygen atoms in total. The molecule has 132 valence electrons. The zero-order valence-corrected chi connectivity index (χ0v) is 15.0. The lowest BCUT2D eigenvalue weighted by molar-refractivity contribution is 0.599. The maximum Gasteiger partial charge on any atom is 0.266 e. The highest BCUT2D eigenvalue weighted by Crippen LogP contribution is 2.21. The minimum Gasteiger partial charge on any atom is -0.281 e. The molecule has 0 amide bonds. The number of benzene rings is 1. The number of hydrogen-bond donors (Lipinski definition) is 2. The smallest absolute Gasteiger partial charge is 0.266 e. The Kier molecular flexibility index (Phi) is 4.53. The van der Waals surface area contributed by atoms with Gasteiger partial charge >= 0.3 is 0 Å². The zero-order valence-electron chi connectivity index (χ0n) is 13.4. The monoisotopic (exact) mass is 383 g/mol. The fourth-order valence-electron chi connectivity index (χ4n) is 2.45. The Morgan fingerprint density at radius 2 is 2.08 bits per heavy atom. The van der Waals surface area contributed by atoms with Crippen molar-refractivity contribution in [2.45, 2.75) is 25.3 Å². The van der Waals surface area contributed by atoms with Gasteiger partial charge in [-0.15, -0.1) is 0 Å². The topological polar surface area (TPSA) is 92.7 Å². The average molecular weight is 384 g/mol. The molecule has 0 bridgehead atoms. The van der Waals surface area contributed by atoms with E-state index in [1.165, 1.54) is 22.9 Å². The van der Waals surface area contributed by atoms with Crippen LogP contribution in [0.15, 0.2) is 35.4 Å². The standard InChI is InChI=1S/C15H15ClFN5O2S/c1-9-15(10(2)19-18-9)25(23,24)21-14-5-6-22(20-14)8-11-3-4-12(17)7-13(11)16/h3-7H,8H2,1-2H3,(H,18,19)(H,20,21). The predicted octanol–water partition coefficient (Wildman–Crippen LogP) is 2.86. The van der Waals surface area contributed by atoms with Crippen molar-refractivity contribution in [2.75, 3.05) is 4.72 Å². The lowest BCUT2D eigenvalue weighted by Gasteiger charge is -2.06. The first kappa shape index (κ1) is 17.4. The molecule has 2 aromatic heterocycles. The summed E-state index contributed by atoms with van der Waals surface area (Å²) < 4.78 is 42.0. The summed E-state index contributed by atoms with van der Waals surface area (Å²) in [5, 5.41) is 11.0. The van der Waals surface area contributed by atoms with E-state index in [0.717, 1.165) is 0 Å². The zero-order chi connectivity index (χ0) is 18.2. The van der Waals surface area contributed by atoms with Crippen LogP contribution in [-0.4, -0.2) is 28.4 Å². The molecule has 0 saturated heterocycles. The van der Waals surface area contributed by atoms with E-state index in [2.05, 4.69) is 20.0 Å². The summed E-state index contributed by atoms with van der Waals surface area (Å²) in [6, 6.07) is 5.61. The Balaban J connectivity index is 1.80. The molecule has 2 heterocycles. The number of aryl methyl sites for hydroxylation is 2. The number of anilines is 1. The van der Waals surface area contributed by atoms with Crippen LogP contribution < -0.4 is 4.72 Å². The molecular weight excluding hydrogens is 369 g/mol. The van der Waals surface area contributed by atoms with Gasteiger partial charge in [-0.1, -0.05) is 17.7 Å². The van der Waals surface area contributed by atoms with Gasteiger partial charge in [0.15, 0.2) is 5.82 Å². The molecule has 2 N–H and O–H groups in total. The van der Waals surface area contributed by atoms with E-state index in [-0.39, 0.29) is 22.3 Å². The summed E-state index contributed by atoms with van der Waals surface area (Å²) in [4.78, 5) is 0.101. The van der Waals surface area contributed by atoms with Gasteiger partial charge in [-0.3, -0.25) is 14.5 Å². The van der Waals surface area contributed by atoms with Crippen molar-refractivity contribution in [2.24, 2.45) is 0 Å². The number of nitrogens with zero attached hydrogens (tertiary/aromatic N) is 3. The third-order valence-electron chi connectivity index (χ3n) is 3.56. The molecule has 0 saturated carbocycles. The van der Waals surface area contributed by atoms with E-state index < -0.39 is 15.8 Å². The van der Waals surface area contributed by atoms with Crippen molar-refractivity contribution in [3.05, 3.63) is 58.3 Å². The molecule has 0 aliphatic rings. The van der Waals surface area contributed by atoms with Gasteiger partial charge < -0.3 is 0 Å². The second kappa shape index (κ2) is 6.49. The SMILES string of the molecule is Cc1n[nH]c(C)c1S(=O)(=O)Nc1ccn(Cc2ccc(F)cc2Cl)n1. The quantitative estimate of drug-likeness (QED) is 0.708. The predicted molar refractivity (Wildman–Crippen MR) is 91.6 cm³/mol. The summed E-state index contributed by atoms with van der Waals surface area (Å²) in [5.41, 5.74) is 1.49. The Morgan fingerprint density at radius 3 is 2.72 bits per heavy atom. The molecule has 0 atom stereocenters. The largest absolute Gasteiger partial charge is 0.281 e. The molecular formula is C15H15ClFN5O2S. The van der Waals surface area contributed by atoms with Gasteiger partial charge in [0, 0.05) is 17.3 Å². The highest BCUT2D eigenvalue weighted by molar-refractivity contribution is 7.92. The minimum absolute atomic E-state index is 0.101. The van der Waals surface area contributed by atoms with Crippen LogP contribution in [0, 0.1) is 19.7 Å². The van der Waals surface area contributed by atoms with Crippen molar-refractivity contribution in [1.29, 1.82) is 0 Å². The number of hydrogen-bond acceptors (Lipinski definition) is 4. The Bertz CT molecular complexity index is 1010. The summed E-state index contributed by atoms with van der Waals surface area (Å²) in [5.74, 6) is -0.258. The number of rotatable bonds is 5. The fourth-order valence-corrected chi connectivity index (χ4v) is 4.05. The summed E-state index contributed by atoms with van der Waals surface area (Å²) >= 11 is 5.99. The van der Waals surface area contributed by atoms with E-state index in [1.54, 1.807) is 26.1 Å². The highest BCUT2D eigenvalue weighted by atomic mass is 35.5. The van der Waals surface area contributed by atoms with Crippen LogP contribution in [0.5, 0.6) is 0 Å². The molecule has 0 fully saturated rings. The van der Waals surface area contributed by atoms with Gasteiger partial charge in [0.05, 0.1) is 17.9 Å². The minimum atomic E-state index is -3.80. The Hall–Kier alpha value is -2.39. The first-order chi connectivity index (χ1) is 11.8. The molecule has 0 aliphatic carbocycles. The summed E-state index contributed by atoms with van der Waals surface area (Å²) in [6.45, 7) is 3.52. The van der Waals surface area contributed by atoms with Crippen LogP contribution in [-0.2, 0) is 16.6 Å². The normalized spacial score (nSPS) is 11.7. The number of aromatic amines is 1. The number of H-pyrrole nitrogens is 1. The van der Waals surface area contributed by atoms with E-state index in [1.807, 2.05) is 0 Å². The maximum absolute atomic E-state index is 13.1. The summed E-state index contributed by atoms with van der Waals surface area (Å²) in [7, 11) is -3.80. The lowest BCUT2D eigenvalue weighted by atomic mass is 10.2. The number of nitrogens with one attached hydrogen (secondary N) is 2. The molecule has 0 aliphatic heterocycles. The van der Waals surface area contributed by atoms with E-state index in [9.17, 15) is 12.8 Å². The third kappa shape index (κ3) is 3.67. The fraction of sp³-hybridized carbons (Fsp3) is 0.200. The van der Waals surface area contributed by atoms with Crippen LogP contribution in [0.4, 0.5) is 10.2 Å². The van der Waals surface area contributed by atoms with Gasteiger partial charge in [0.1, 0.15) is 10.7 Å². The van der Waals surface area contributed by atoms with Gasteiger partial charge in [0.25, 0.3) is 10.0 Å². The highest BCUT2D eigenvalue weighted by Gasteiger charge is 2.23. The number of halogens is 2. The van der Waals surface area contributed by atoms with Crippen LogP contribution in [0.2, 0.25) is 5.02 Å². The molecule has 3 aromatic rings. The van der Waals surface area contributed by atoms with Gasteiger partial charge in [-0.05, 0) is 31.5 Å². The lowest BCUT2D eigenvalue weighted by Crippen LogP contribution is -2.15. The maximum atomic E-state index is 13.1. The Labute approximate surface area is 148 Å². The second-order valence-electron chi connectivity index (χ2n) is 5.50. The molecule has 0 spiro atoms. The average Bonchev–Trinajstić information content (AvgIpc) is 3.08. The van der Waals surface area contributed by atoms with Crippen molar-refractivity contribution < 1.29 is 12.8 Å². The molecule has 0 unspecified atom stereocenters. The summed E-state index contributed by atoms with van der Waals surface area (Å²) in [6.07, 6.45) is 1.60. The first-order valence-electron chi connectivity index (χ1n) is 7.28. The molecule has 1 aromatic carbocycles. The van der Waals surface area contributed by atoms with Crippen LogP contribution in [0.3, 0.4) is 0 Å². The van der Waals surface area contributed by atoms with Gasteiger partial charge in [-0.2, -0.15) is 10.2 Å². The third-order valence-corrected chi connectivity index (χ3v) is 5.53. The Morgan fingerprint density at radius 1 is 1.32 bits per heavy atom. The van der Waals surface area contributed by atoms with Gasteiger partial charge in [0.2, 0.25) is 0 Å². The van der Waals surface area contributed by atoms with E-state index in [0.29, 0.717) is 17.0 Å². The van der Waals surface area contributed by atoms with Crippen molar-refractivity contribution >= 4 is 27.4 Å². The molecule has 25 heavy (non-hydrogen) atoms. The van der Waals surface area contributed by atoms with Crippen LogP contribution >= 0.6 is 11.6 Å². The van der Waals surface area contributed by atoms with E-state index >= 15 is 0 Å². The molecule has 0 radical (unpaired) electrons. The first-order valence-corrected chi connectivity index (χ1v) is 9.14. The van der Waals surface area contributed by atoms with Crippen molar-refractivity contribution in [1.82, 2.24) is 20.0 Å². The molecule has 10 heteroatoms. The number of sulfonamides is 1. The van der Waals surface area contributed by atoms with E-state index in [4.69, 9.17) is 11.6 Å². The second-order valence-corrected chi connectivity index (χ2v) is 7.53. The van der Waals surface area contributed by atoms with Crippen molar-refractivity contribution in [3.8, 4) is 0 Å². The number of aromatic nitrogens is 4. The van der Waals surface area contributed by atoms with Gasteiger partial charge in [-0.25, -0.2) is 12.8 Å². The van der Waals surface area contributed by atoms with Crippen LogP contribution in [0.25, 0.3) is 0 Å². The van der Waals surface area contributed by atoms with Crippen molar-refractivity contribution in [3.63, 3.8) is 0 Å². The van der Waals surface area contributed by atoms with Crippen LogP contribution in [0.1, 0.15) is 17.0 Å².